The molecule has 0 spiro atoms. The highest BCUT2D eigenvalue weighted by atomic mass is 15.3. The fourth-order valence-corrected chi connectivity index (χ4v) is 3.52. The second-order valence-electron chi connectivity index (χ2n) is 5.99. The van der Waals surface area contributed by atoms with E-state index in [1.54, 1.807) is 0 Å². The van der Waals surface area contributed by atoms with Gasteiger partial charge in [-0.05, 0) is 61.9 Å². The van der Waals surface area contributed by atoms with Crippen molar-refractivity contribution in [3.63, 3.8) is 0 Å². The maximum atomic E-state index is 5.76. The topological polar surface area (TPSA) is 56.7 Å². The zero-order valence-corrected chi connectivity index (χ0v) is 12.6. The van der Waals surface area contributed by atoms with Gasteiger partial charge in [-0.15, -0.1) is 0 Å². The third-order valence-electron chi connectivity index (χ3n) is 4.62. The monoisotopic (exact) mass is 292 g/mol. The Labute approximate surface area is 130 Å². The summed E-state index contributed by atoms with van der Waals surface area (Å²) in [5.41, 5.74) is 9.45. The summed E-state index contributed by atoms with van der Waals surface area (Å²) in [6.45, 7) is 0.740. The number of aromatic nitrogens is 3. The summed E-state index contributed by atoms with van der Waals surface area (Å²) in [4.78, 5) is 4.77. The van der Waals surface area contributed by atoms with Gasteiger partial charge in [0.15, 0.2) is 5.82 Å². The lowest BCUT2D eigenvalue weighted by atomic mass is 9.85. The summed E-state index contributed by atoms with van der Waals surface area (Å²) in [5, 5.41) is 5.78. The van der Waals surface area contributed by atoms with Crippen molar-refractivity contribution in [2.24, 2.45) is 5.73 Å². The Hall–Kier alpha value is -2.20. The van der Waals surface area contributed by atoms with Crippen LogP contribution in [0.15, 0.2) is 42.6 Å². The van der Waals surface area contributed by atoms with E-state index in [4.69, 9.17) is 10.7 Å². The average Bonchev–Trinajstić information content (AvgIpc) is 3.00. The molecule has 1 unspecified atom stereocenters. The molecule has 0 aliphatic heterocycles. The van der Waals surface area contributed by atoms with Crippen molar-refractivity contribution in [2.45, 2.75) is 31.6 Å². The van der Waals surface area contributed by atoms with Gasteiger partial charge in [-0.1, -0.05) is 18.2 Å². The fraction of sp³-hybridized carbons (Fsp3) is 0.333. The molecule has 0 amide bonds. The number of para-hydroxylation sites is 1. The molecule has 3 aromatic rings. The van der Waals surface area contributed by atoms with Crippen LogP contribution in [0.2, 0.25) is 0 Å². The maximum Gasteiger partial charge on any atom is 0.154 e. The number of hydrogen-bond donors (Lipinski definition) is 1. The quantitative estimate of drug-likeness (QED) is 0.806. The SMILES string of the molecule is NCCC1CCCc2c1cnn2-c1ccc2ccccc2n1. The summed E-state index contributed by atoms with van der Waals surface area (Å²) >= 11 is 0. The molecule has 0 fully saturated rings. The Morgan fingerprint density at radius 1 is 1.18 bits per heavy atom. The van der Waals surface area contributed by atoms with Crippen LogP contribution in [-0.2, 0) is 6.42 Å². The predicted octanol–water partition coefficient (Wildman–Crippen LogP) is 3.19. The van der Waals surface area contributed by atoms with Crippen molar-refractivity contribution in [1.29, 1.82) is 0 Å². The van der Waals surface area contributed by atoms with Crippen LogP contribution < -0.4 is 5.73 Å². The standard InChI is InChI=1S/C18H20N4/c19-11-10-13-5-3-7-17-15(13)12-20-22(17)18-9-8-14-4-1-2-6-16(14)21-18/h1-2,4,6,8-9,12-13H,3,5,7,10-11,19H2. The number of nitrogens with zero attached hydrogens (tertiary/aromatic N) is 3. The molecule has 0 bridgehead atoms. The minimum atomic E-state index is 0.558. The van der Waals surface area contributed by atoms with Gasteiger partial charge in [-0.25, -0.2) is 9.67 Å². The minimum Gasteiger partial charge on any atom is -0.330 e. The van der Waals surface area contributed by atoms with Gasteiger partial charge in [0.05, 0.1) is 11.7 Å². The van der Waals surface area contributed by atoms with Crippen molar-refractivity contribution in [3.05, 3.63) is 53.9 Å². The van der Waals surface area contributed by atoms with Gasteiger partial charge in [0, 0.05) is 11.1 Å². The van der Waals surface area contributed by atoms with Crippen molar-refractivity contribution in [2.75, 3.05) is 6.54 Å². The highest BCUT2D eigenvalue weighted by molar-refractivity contribution is 5.79. The van der Waals surface area contributed by atoms with Crippen LogP contribution in [0, 0.1) is 0 Å². The largest absolute Gasteiger partial charge is 0.330 e. The maximum absolute atomic E-state index is 5.76. The summed E-state index contributed by atoms with van der Waals surface area (Å²) in [6, 6.07) is 12.4. The molecule has 2 aromatic heterocycles. The lowest BCUT2D eigenvalue weighted by Gasteiger charge is -2.22. The molecule has 2 N–H and O–H groups in total. The first-order chi connectivity index (χ1) is 10.9. The molecule has 22 heavy (non-hydrogen) atoms. The van der Waals surface area contributed by atoms with Gasteiger partial charge in [-0.3, -0.25) is 0 Å². The molecule has 0 radical (unpaired) electrons. The summed E-state index contributed by atoms with van der Waals surface area (Å²) in [7, 11) is 0. The van der Waals surface area contributed by atoms with E-state index in [1.807, 2.05) is 29.1 Å². The third kappa shape index (κ3) is 2.20. The molecule has 4 rings (SSSR count). The molecule has 2 heterocycles. The van der Waals surface area contributed by atoms with Gasteiger partial charge < -0.3 is 5.73 Å². The Bertz CT molecular complexity index is 806. The Kier molecular flexibility index (Phi) is 3.39. The van der Waals surface area contributed by atoms with Gasteiger partial charge in [0.2, 0.25) is 0 Å². The molecule has 1 aromatic carbocycles. The average molecular weight is 292 g/mol. The van der Waals surface area contributed by atoms with Crippen LogP contribution in [0.1, 0.15) is 36.4 Å². The zero-order chi connectivity index (χ0) is 14.9. The zero-order valence-electron chi connectivity index (χ0n) is 12.6. The molecular weight excluding hydrogens is 272 g/mol. The van der Waals surface area contributed by atoms with E-state index < -0.39 is 0 Å². The molecule has 1 aliphatic carbocycles. The number of nitrogens with two attached hydrogens (primary N) is 1. The van der Waals surface area contributed by atoms with Crippen LogP contribution in [0.4, 0.5) is 0 Å². The summed E-state index contributed by atoms with van der Waals surface area (Å²) < 4.78 is 2.02. The first-order valence-electron chi connectivity index (χ1n) is 8.00. The second-order valence-corrected chi connectivity index (χ2v) is 5.99. The van der Waals surface area contributed by atoms with Crippen LogP contribution in [0.5, 0.6) is 0 Å². The van der Waals surface area contributed by atoms with E-state index in [2.05, 4.69) is 23.3 Å². The van der Waals surface area contributed by atoms with Crippen LogP contribution in [-0.4, -0.2) is 21.3 Å². The number of pyridine rings is 1. The van der Waals surface area contributed by atoms with E-state index in [0.29, 0.717) is 5.92 Å². The fourth-order valence-electron chi connectivity index (χ4n) is 3.52. The van der Waals surface area contributed by atoms with E-state index in [0.717, 1.165) is 36.1 Å². The van der Waals surface area contributed by atoms with Crippen molar-refractivity contribution < 1.29 is 0 Å². The van der Waals surface area contributed by atoms with E-state index >= 15 is 0 Å². The number of hydrogen-bond acceptors (Lipinski definition) is 3. The molecule has 4 heteroatoms. The van der Waals surface area contributed by atoms with E-state index in [1.165, 1.54) is 24.1 Å². The number of fused-ring (bicyclic) bond motifs is 2. The normalized spacial score (nSPS) is 17.6. The molecular formula is C18H20N4. The van der Waals surface area contributed by atoms with Crippen molar-refractivity contribution >= 4 is 10.9 Å². The smallest absolute Gasteiger partial charge is 0.154 e. The second kappa shape index (κ2) is 5.54. The highest BCUT2D eigenvalue weighted by Crippen LogP contribution is 2.34. The van der Waals surface area contributed by atoms with Crippen molar-refractivity contribution in [1.82, 2.24) is 14.8 Å². The van der Waals surface area contributed by atoms with Crippen LogP contribution in [0.25, 0.3) is 16.7 Å². The lowest BCUT2D eigenvalue weighted by molar-refractivity contribution is 0.517. The number of benzene rings is 1. The predicted molar refractivity (Wildman–Crippen MR) is 88.2 cm³/mol. The van der Waals surface area contributed by atoms with E-state index in [-0.39, 0.29) is 0 Å². The molecule has 1 atom stereocenters. The Morgan fingerprint density at radius 3 is 3.00 bits per heavy atom. The minimum absolute atomic E-state index is 0.558. The van der Waals surface area contributed by atoms with E-state index in [9.17, 15) is 0 Å². The van der Waals surface area contributed by atoms with Gasteiger partial charge in [0.25, 0.3) is 0 Å². The van der Waals surface area contributed by atoms with Crippen LogP contribution in [0.3, 0.4) is 0 Å². The molecule has 112 valence electrons. The Morgan fingerprint density at radius 2 is 2.09 bits per heavy atom. The highest BCUT2D eigenvalue weighted by Gasteiger charge is 2.24. The van der Waals surface area contributed by atoms with Gasteiger partial charge in [0.1, 0.15) is 0 Å². The third-order valence-corrected chi connectivity index (χ3v) is 4.62. The summed E-state index contributed by atoms with van der Waals surface area (Å²) in [5.74, 6) is 1.47. The van der Waals surface area contributed by atoms with Crippen LogP contribution >= 0.6 is 0 Å². The lowest BCUT2D eigenvalue weighted by Crippen LogP contribution is -2.15. The molecule has 4 nitrogen and oxygen atoms in total. The first kappa shape index (κ1) is 13.5. The molecule has 1 aliphatic rings. The van der Waals surface area contributed by atoms with Gasteiger partial charge >= 0.3 is 0 Å². The number of rotatable bonds is 3. The molecule has 0 saturated carbocycles. The molecule has 0 saturated heterocycles. The Balaban J connectivity index is 1.79. The summed E-state index contributed by atoms with van der Waals surface area (Å²) in [6.07, 6.45) is 6.57. The first-order valence-corrected chi connectivity index (χ1v) is 8.00. The van der Waals surface area contributed by atoms with Crippen molar-refractivity contribution in [3.8, 4) is 5.82 Å². The van der Waals surface area contributed by atoms with Gasteiger partial charge in [-0.2, -0.15) is 5.10 Å².